The molecule has 0 unspecified atom stereocenters. The predicted octanol–water partition coefficient (Wildman–Crippen LogP) is 2.44. The van der Waals surface area contributed by atoms with Crippen LogP contribution >= 0.6 is 12.4 Å². The molecule has 2 heterocycles. The Morgan fingerprint density at radius 2 is 1.84 bits per heavy atom. The van der Waals surface area contributed by atoms with E-state index in [2.05, 4.69) is 10.2 Å². The predicted molar refractivity (Wildman–Crippen MR) is 81.0 cm³/mol. The van der Waals surface area contributed by atoms with E-state index in [1.165, 1.54) is 71.1 Å². The molecule has 112 valence electrons. The van der Waals surface area contributed by atoms with Crippen LogP contribution in [0.3, 0.4) is 0 Å². The zero-order chi connectivity index (χ0) is 12.3. The van der Waals surface area contributed by atoms with Crippen molar-refractivity contribution in [2.24, 2.45) is 5.92 Å². The molecule has 3 aliphatic rings. The normalized spacial score (nSPS) is 29.1. The third kappa shape index (κ3) is 3.63. The molecular weight excluding hydrogens is 260 g/mol. The van der Waals surface area contributed by atoms with Crippen molar-refractivity contribution < 1.29 is 4.74 Å². The highest BCUT2D eigenvalue weighted by Gasteiger charge is 2.40. The van der Waals surface area contributed by atoms with Gasteiger partial charge in [0.15, 0.2) is 0 Å². The SMILES string of the molecule is C1CCC2(CC1)CNCCN2CC1CCOCC1.Cl. The number of hydrogen-bond acceptors (Lipinski definition) is 3. The number of halogens is 1. The summed E-state index contributed by atoms with van der Waals surface area (Å²) in [6.45, 7) is 6.98. The van der Waals surface area contributed by atoms with Gasteiger partial charge in [0, 0.05) is 44.9 Å². The molecule has 3 rings (SSSR count). The van der Waals surface area contributed by atoms with Gasteiger partial charge in [-0.25, -0.2) is 0 Å². The fourth-order valence-electron chi connectivity index (χ4n) is 4.11. The van der Waals surface area contributed by atoms with Crippen molar-refractivity contribution in [2.45, 2.75) is 50.5 Å². The van der Waals surface area contributed by atoms with E-state index >= 15 is 0 Å². The van der Waals surface area contributed by atoms with Gasteiger partial charge in [0.2, 0.25) is 0 Å². The molecule has 19 heavy (non-hydrogen) atoms. The summed E-state index contributed by atoms with van der Waals surface area (Å²) in [5.41, 5.74) is 0.509. The molecule has 0 radical (unpaired) electrons. The second kappa shape index (κ2) is 7.26. The molecule has 0 atom stereocenters. The van der Waals surface area contributed by atoms with Gasteiger partial charge in [-0.2, -0.15) is 0 Å². The second-order valence-corrected chi connectivity index (χ2v) is 6.46. The first kappa shape index (κ1) is 15.6. The number of nitrogens with zero attached hydrogens (tertiary/aromatic N) is 1. The molecule has 0 aromatic heterocycles. The lowest BCUT2D eigenvalue weighted by Gasteiger charge is -2.51. The zero-order valence-electron chi connectivity index (χ0n) is 12.0. The van der Waals surface area contributed by atoms with Crippen molar-refractivity contribution in [3.8, 4) is 0 Å². The Kier molecular flexibility index (Phi) is 5.94. The maximum atomic E-state index is 5.49. The quantitative estimate of drug-likeness (QED) is 0.845. The van der Waals surface area contributed by atoms with Gasteiger partial charge >= 0.3 is 0 Å². The molecule has 2 aliphatic heterocycles. The van der Waals surface area contributed by atoms with Gasteiger partial charge in [-0.3, -0.25) is 4.90 Å². The summed E-state index contributed by atoms with van der Waals surface area (Å²) in [6.07, 6.45) is 9.72. The fraction of sp³-hybridized carbons (Fsp3) is 1.00. The molecule has 0 bridgehead atoms. The molecule has 0 amide bonds. The van der Waals surface area contributed by atoms with Crippen LogP contribution in [-0.4, -0.2) is 49.8 Å². The van der Waals surface area contributed by atoms with E-state index in [0.717, 1.165) is 19.1 Å². The standard InChI is InChI=1S/C15H28N2O.ClH/c1-2-6-15(7-3-1)13-16-8-9-17(15)12-14-4-10-18-11-5-14;/h14,16H,1-13H2;1H. The maximum Gasteiger partial charge on any atom is 0.0469 e. The van der Waals surface area contributed by atoms with E-state index < -0.39 is 0 Å². The van der Waals surface area contributed by atoms with Crippen LogP contribution < -0.4 is 5.32 Å². The molecule has 1 N–H and O–H groups in total. The molecule has 1 aliphatic carbocycles. The summed E-state index contributed by atoms with van der Waals surface area (Å²) in [5.74, 6) is 0.885. The lowest BCUT2D eigenvalue weighted by molar-refractivity contribution is -0.00801. The number of hydrogen-bond donors (Lipinski definition) is 1. The van der Waals surface area contributed by atoms with Gasteiger partial charge in [-0.1, -0.05) is 19.3 Å². The smallest absolute Gasteiger partial charge is 0.0469 e. The monoisotopic (exact) mass is 288 g/mol. The fourth-order valence-corrected chi connectivity index (χ4v) is 4.11. The Labute approximate surface area is 123 Å². The summed E-state index contributed by atoms with van der Waals surface area (Å²) in [4.78, 5) is 2.85. The molecule has 0 aromatic rings. The van der Waals surface area contributed by atoms with Crippen LogP contribution in [0.25, 0.3) is 0 Å². The summed E-state index contributed by atoms with van der Waals surface area (Å²) >= 11 is 0. The third-order valence-corrected chi connectivity index (χ3v) is 5.29. The minimum Gasteiger partial charge on any atom is -0.381 e. The van der Waals surface area contributed by atoms with E-state index in [1.54, 1.807) is 0 Å². The summed E-state index contributed by atoms with van der Waals surface area (Å²) in [6, 6.07) is 0. The van der Waals surface area contributed by atoms with Gasteiger partial charge in [0.1, 0.15) is 0 Å². The summed E-state index contributed by atoms with van der Waals surface area (Å²) in [5, 5.41) is 3.65. The highest BCUT2D eigenvalue weighted by atomic mass is 35.5. The van der Waals surface area contributed by atoms with Crippen LogP contribution in [0, 0.1) is 5.92 Å². The van der Waals surface area contributed by atoms with Gasteiger partial charge in [-0.05, 0) is 31.6 Å². The maximum absolute atomic E-state index is 5.49. The van der Waals surface area contributed by atoms with Crippen molar-refractivity contribution in [1.29, 1.82) is 0 Å². The van der Waals surface area contributed by atoms with Crippen molar-refractivity contribution in [2.75, 3.05) is 39.4 Å². The molecule has 3 nitrogen and oxygen atoms in total. The highest BCUT2D eigenvalue weighted by molar-refractivity contribution is 5.85. The molecular formula is C15H29ClN2O. The first-order valence-corrected chi connectivity index (χ1v) is 7.93. The lowest BCUT2D eigenvalue weighted by atomic mass is 9.78. The molecule has 0 aromatic carbocycles. The van der Waals surface area contributed by atoms with Gasteiger partial charge < -0.3 is 10.1 Å². The Bertz CT molecular complexity index is 255. The van der Waals surface area contributed by atoms with Gasteiger partial charge in [0.25, 0.3) is 0 Å². The van der Waals surface area contributed by atoms with Crippen LogP contribution in [-0.2, 0) is 4.74 Å². The first-order chi connectivity index (χ1) is 8.89. The van der Waals surface area contributed by atoms with E-state index in [-0.39, 0.29) is 12.4 Å². The second-order valence-electron chi connectivity index (χ2n) is 6.46. The number of ether oxygens (including phenoxy) is 1. The van der Waals surface area contributed by atoms with E-state index in [4.69, 9.17) is 4.74 Å². The Hall–Kier alpha value is 0.170. The zero-order valence-corrected chi connectivity index (χ0v) is 12.8. The van der Waals surface area contributed by atoms with Crippen molar-refractivity contribution >= 4 is 12.4 Å². The number of nitrogens with one attached hydrogen (secondary N) is 1. The van der Waals surface area contributed by atoms with Crippen LogP contribution in [0.4, 0.5) is 0 Å². The third-order valence-electron chi connectivity index (χ3n) is 5.29. The average Bonchev–Trinajstić information content (AvgIpc) is 2.44. The molecule has 1 spiro atoms. The molecule has 3 fully saturated rings. The molecule has 2 saturated heterocycles. The molecule has 4 heteroatoms. The van der Waals surface area contributed by atoms with Crippen molar-refractivity contribution in [3.63, 3.8) is 0 Å². The van der Waals surface area contributed by atoms with Crippen LogP contribution in [0.1, 0.15) is 44.9 Å². The number of piperazine rings is 1. The van der Waals surface area contributed by atoms with E-state index in [1.807, 2.05) is 0 Å². The Morgan fingerprint density at radius 3 is 2.58 bits per heavy atom. The van der Waals surface area contributed by atoms with Crippen molar-refractivity contribution in [3.05, 3.63) is 0 Å². The summed E-state index contributed by atoms with van der Waals surface area (Å²) < 4.78 is 5.49. The lowest BCUT2D eigenvalue weighted by Crippen LogP contribution is -2.62. The van der Waals surface area contributed by atoms with Crippen molar-refractivity contribution in [1.82, 2.24) is 10.2 Å². The Morgan fingerprint density at radius 1 is 1.11 bits per heavy atom. The van der Waals surface area contributed by atoms with E-state index in [9.17, 15) is 0 Å². The average molecular weight is 289 g/mol. The summed E-state index contributed by atoms with van der Waals surface area (Å²) in [7, 11) is 0. The van der Waals surface area contributed by atoms with Gasteiger partial charge in [-0.15, -0.1) is 12.4 Å². The highest BCUT2D eigenvalue weighted by Crippen LogP contribution is 2.35. The number of rotatable bonds is 2. The topological polar surface area (TPSA) is 24.5 Å². The Balaban J connectivity index is 0.00000133. The van der Waals surface area contributed by atoms with Crippen LogP contribution in [0.2, 0.25) is 0 Å². The largest absolute Gasteiger partial charge is 0.381 e. The van der Waals surface area contributed by atoms with Crippen LogP contribution in [0.5, 0.6) is 0 Å². The first-order valence-electron chi connectivity index (χ1n) is 7.93. The minimum absolute atomic E-state index is 0. The molecule has 1 saturated carbocycles. The van der Waals surface area contributed by atoms with Gasteiger partial charge in [0.05, 0.1) is 0 Å². The minimum atomic E-state index is 0. The van der Waals surface area contributed by atoms with E-state index in [0.29, 0.717) is 5.54 Å². The van der Waals surface area contributed by atoms with Crippen LogP contribution in [0.15, 0.2) is 0 Å².